The molecule has 2 aromatic rings. The minimum Gasteiger partial charge on any atom is -0.383 e. The lowest BCUT2D eigenvalue weighted by molar-refractivity contribution is -0.193. The van der Waals surface area contributed by atoms with Gasteiger partial charge in [-0.2, -0.15) is 13.2 Å². The molecule has 19 heavy (non-hydrogen) atoms. The Bertz CT molecular complexity index is 655. The molecule has 0 saturated heterocycles. The second kappa shape index (κ2) is 4.63. The van der Waals surface area contributed by atoms with Gasteiger partial charge in [-0.05, 0) is 18.2 Å². The van der Waals surface area contributed by atoms with E-state index < -0.39 is 18.1 Å². The number of ether oxygens (including phenoxy) is 1. The quantitative estimate of drug-likeness (QED) is 0.584. The lowest BCUT2D eigenvalue weighted by atomic mass is 10.2. The molecule has 0 aromatic carbocycles. The minimum absolute atomic E-state index is 0.288. The number of alkyl halides is 3. The van der Waals surface area contributed by atoms with Gasteiger partial charge >= 0.3 is 18.1 Å². The largest absolute Gasteiger partial charge is 0.491 e. The van der Waals surface area contributed by atoms with E-state index in [1.165, 1.54) is 12.3 Å². The van der Waals surface area contributed by atoms with E-state index in [1.54, 1.807) is 12.1 Å². The van der Waals surface area contributed by atoms with Gasteiger partial charge in [0, 0.05) is 12.4 Å². The number of rotatable bonds is 1. The van der Waals surface area contributed by atoms with Gasteiger partial charge in [-0.3, -0.25) is 9.97 Å². The SMILES string of the molecule is O=C(OC(=O)C(F)(F)F)c1cnc2cccnc2c1. The zero-order chi connectivity index (χ0) is 14.0. The molecule has 0 spiro atoms. The van der Waals surface area contributed by atoms with Crippen molar-refractivity contribution >= 4 is 23.0 Å². The van der Waals surface area contributed by atoms with E-state index in [0.29, 0.717) is 11.0 Å². The summed E-state index contributed by atoms with van der Waals surface area (Å²) in [5, 5.41) is 0. The van der Waals surface area contributed by atoms with Crippen molar-refractivity contribution in [2.24, 2.45) is 0 Å². The Morgan fingerprint density at radius 3 is 2.58 bits per heavy atom. The third-order valence-electron chi connectivity index (χ3n) is 2.10. The maximum Gasteiger partial charge on any atom is 0.491 e. The molecule has 0 aliphatic rings. The lowest BCUT2D eigenvalue weighted by Crippen LogP contribution is -2.28. The molecule has 0 saturated carbocycles. The molecule has 0 radical (unpaired) electrons. The maximum absolute atomic E-state index is 11.9. The predicted octanol–water partition coefficient (Wildman–Crippen LogP) is 1.88. The highest BCUT2D eigenvalue weighted by molar-refractivity contribution is 5.99. The van der Waals surface area contributed by atoms with Gasteiger partial charge in [0.15, 0.2) is 0 Å². The number of pyridine rings is 2. The summed E-state index contributed by atoms with van der Waals surface area (Å²) < 4.78 is 39.4. The number of hydrogen-bond donors (Lipinski definition) is 0. The van der Waals surface area contributed by atoms with E-state index in [0.717, 1.165) is 6.20 Å². The van der Waals surface area contributed by atoms with Crippen molar-refractivity contribution in [3.8, 4) is 0 Å². The molecular formula is C11H5F3N2O3. The van der Waals surface area contributed by atoms with Crippen molar-refractivity contribution in [2.45, 2.75) is 6.18 Å². The van der Waals surface area contributed by atoms with E-state index >= 15 is 0 Å². The Morgan fingerprint density at radius 2 is 1.89 bits per heavy atom. The third-order valence-corrected chi connectivity index (χ3v) is 2.10. The summed E-state index contributed by atoms with van der Waals surface area (Å²) in [4.78, 5) is 29.5. The molecule has 0 amide bonds. The number of esters is 2. The fourth-order valence-corrected chi connectivity index (χ4v) is 1.27. The van der Waals surface area contributed by atoms with Gasteiger partial charge in [0.05, 0.1) is 16.6 Å². The first-order valence-electron chi connectivity index (χ1n) is 4.92. The van der Waals surface area contributed by atoms with Crippen molar-refractivity contribution in [2.75, 3.05) is 0 Å². The van der Waals surface area contributed by atoms with Crippen molar-refractivity contribution in [3.05, 3.63) is 36.2 Å². The predicted molar refractivity (Wildman–Crippen MR) is 56.0 cm³/mol. The van der Waals surface area contributed by atoms with Crippen LogP contribution in [0.1, 0.15) is 10.4 Å². The van der Waals surface area contributed by atoms with Crippen LogP contribution in [-0.2, 0) is 9.53 Å². The minimum atomic E-state index is -5.22. The van der Waals surface area contributed by atoms with Crippen molar-refractivity contribution < 1.29 is 27.5 Å². The monoisotopic (exact) mass is 270 g/mol. The summed E-state index contributed by atoms with van der Waals surface area (Å²) in [7, 11) is 0. The molecule has 2 rings (SSSR count). The summed E-state index contributed by atoms with van der Waals surface area (Å²) in [6, 6.07) is 4.41. The molecule has 0 aliphatic carbocycles. The number of carbonyl (C=O) groups is 2. The lowest BCUT2D eigenvalue weighted by Gasteiger charge is -2.05. The number of carbonyl (C=O) groups excluding carboxylic acids is 2. The van der Waals surface area contributed by atoms with E-state index in [-0.39, 0.29) is 5.56 Å². The Kier molecular flexibility index (Phi) is 3.16. The first-order chi connectivity index (χ1) is 8.88. The average Bonchev–Trinajstić information content (AvgIpc) is 2.37. The summed E-state index contributed by atoms with van der Waals surface area (Å²) in [5.41, 5.74) is 0.474. The highest BCUT2D eigenvalue weighted by Gasteiger charge is 2.42. The Morgan fingerprint density at radius 1 is 1.16 bits per heavy atom. The van der Waals surface area contributed by atoms with Crippen LogP contribution >= 0.6 is 0 Å². The third kappa shape index (κ3) is 2.84. The number of hydrogen-bond acceptors (Lipinski definition) is 5. The molecule has 2 aromatic heterocycles. The van der Waals surface area contributed by atoms with E-state index in [4.69, 9.17) is 0 Å². The highest BCUT2D eigenvalue weighted by Crippen LogP contribution is 2.18. The Labute approximate surface area is 104 Å². The smallest absolute Gasteiger partial charge is 0.383 e. The molecule has 2 heterocycles. The second-order valence-corrected chi connectivity index (χ2v) is 3.44. The van der Waals surface area contributed by atoms with Crippen LogP contribution in [0.5, 0.6) is 0 Å². The molecular weight excluding hydrogens is 265 g/mol. The normalized spacial score (nSPS) is 11.3. The molecule has 0 aliphatic heterocycles. The van der Waals surface area contributed by atoms with E-state index in [2.05, 4.69) is 14.7 Å². The van der Waals surface area contributed by atoms with Gasteiger partial charge in [0.2, 0.25) is 0 Å². The van der Waals surface area contributed by atoms with Crippen molar-refractivity contribution in [1.29, 1.82) is 0 Å². The zero-order valence-electron chi connectivity index (χ0n) is 9.14. The van der Waals surface area contributed by atoms with Crippen LogP contribution in [-0.4, -0.2) is 28.1 Å². The van der Waals surface area contributed by atoms with Gasteiger partial charge in [-0.15, -0.1) is 0 Å². The summed E-state index contributed by atoms with van der Waals surface area (Å²) >= 11 is 0. The summed E-state index contributed by atoms with van der Waals surface area (Å²) in [6.45, 7) is 0. The molecule has 0 fully saturated rings. The van der Waals surface area contributed by atoms with Gasteiger partial charge < -0.3 is 4.74 Å². The van der Waals surface area contributed by atoms with Crippen molar-refractivity contribution in [1.82, 2.24) is 9.97 Å². The fourth-order valence-electron chi connectivity index (χ4n) is 1.27. The van der Waals surface area contributed by atoms with Crippen LogP contribution in [0, 0.1) is 0 Å². The van der Waals surface area contributed by atoms with Crippen LogP contribution in [0.15, 0.2) is 30.6 Å². The van der Waals surface area contributed by atoms with Gasteiger partial charge in [0.1, 0.15) is 0 Å². The molecule has 0 N–H and O–H groups in total. The second-order valence-electron chi connectivity index (χ2n) is 3.44. The van der Waals surface area contributed by atoms with Crippen molar-refractivity contribution in [3.63, 3.8) is 0 Å². The van der Waals surface area contributed by atoms with Gasteiger partial charge in [-0.25, -0.2) is 9.59 Å². The van der Waals surface area contributed by atoms with Crippen LogP contribution in [0.25, 0.3) is 11.0 Å². The number of fused-ring (bicyclic) bond motifs is 1. The Hall–Kier alpha value is -2.51. The highest BCUT2D eigenvalue weighted by atomic mass is 19.4. The topological polar surface area (TPSA) is 69.2 Å². The van der Waals surface area contributed by atoms with Gasteiger partial charge in [0.25, 0.3) is 0 Å². The van der Waals surface area contributed by atoms with E-state index in [1.807, 2.05) is 0 Å². The van der Waals surface area contributed by atoms with Gasteiger partial charge in [-0.1, -0.05) is 0 Å². The first kappa shape index (κ1) is 12.9. The first-order valence-corrected chi connectivity index (χ1v) is 4.92. The molecule has 8 heteroatoms. The summed E-state index contributed by atoms with van der Waals surface area (Å²) in [6.07, 6.45) is -2.78. The standard InChI is InChI=1S/C11H5F3N2O3/c12-11(13,14)10(18)19-9(17)6-4-8-7(16-5-6)2-1-3-15-8/h1-5H. The molecule has 0 atom stereocenters. The van der Waals surface area contributed by atoms with E-state index in [9.17, 15) is 22.8 Å². The average molecular weight is 270 g/mol. The number of nitrogens with zero attached hydrogens (tertiary/aromatic N) is 2. The fraction of sp³-hybridized carbons (Fsp3) is 0.0909. The van der Waals surface area contributed by atoms with Crippen LogP contribution < -0.4 is 0 Å². The molecule has 98 valence electrons. The number of halogens is 3. The maximum atomic E-state index is 11.9. The number of aromatic nitrogens is 2. The van der Waals surface area contributed by atoms with Crippen LogP contribution in [0.4, 0.5) is 13.2 Å². The van der Waals surface area contributed by atoms with Crippen LogP contribution in [0.2, 0.25) is 0 Å². The molecule has 0 unspecified atom stereocenters. The van der Waals surface area contributed by atoms with Crippen LogP contribution in [0.3, 0.4) is 0 Å². The molecule has 0 bridgehead atoms. The zero-order valence-corrected chi connectivity index (χ0v) is 9.14. The summed E-state index contributed by atoms with van der Waals surface area (Å²) in [5.74, 6) is -4.00. The Balaban J connectivity index is 2.25. The molecule has 5 nitrogen and oxygen atoms in total.